The highest BCUT2D eigenvalue weighted by atomic mass is 15.4. The Morgan fingerprint density at radius 3 is 2.90 bits per heavy atom. The molecule has 1 aromatic heterocycles. The zero-order chi connectivity index (χ0) is 7.03. The lowest BCUT2D eigenvalue weighted by atomic mass is 10.1. The van der Waals surface area contributed by atoms with Gasteiger partial charge in [0.15, 0.2) is 0 Å². The molecule has 0 radical (unpaired) electrons. The second-order valence-electron chi connectivity index (χ2n) is 3.41. The van der Waals surface area contributed by atoms with Crippen LogP contribution in [-0.2, 0) is 6.54 Å². The minimum absolute atomic E-state index is 0.535. The SMILES string of the molecule is CC1(Cn2ccnn2)CC1. The molecule has 0 spiro atoms. The topological polar surface area (TPSA) is 30.7 Å². The van der Waals surface area contributed by atoms with Gasteiger partial charge in [-0.25, -0.2) is 0 Å². The summed E-state index contributed by atoms with van der Waals surface area (Å²) in [5.41, 5.74) is 0.535. The summed E-state index contributed by atoms with van der Waals surface area (Å²) in [6.07, 6.45) is 6.33. The molecule has 0 unspecified atom stereocenters. The van der Waals surface area contributed by atoms with Crippen molar-refractivity contribution < 1.29 is 0 Å². The van der Waals surface area contributed by atoms with Crippen LogP contribution in [-0.4, -0.2) is 15.0 Å². The maximum atomic E-state index is 3.91. The fourth-order valence-corrected chi connectivity index (χ4v) is 1.08. The molecule has 1 heterocycles. The van der Waals surface area contributed by atoms with Crippen LogP contribution < -0.4 is 0 Å². The van der Waals surface area contributed by atoms with Gasteiger partial charge >= 0.3 is 0 Å². The van der Waals surface area contributed by atoms with Crippen molar-refractivity contribution in [3.05, 3.63) is 12.4 Å². The van der Waals surface area contributed by atoms with Crippen LogP contribution in [0.15, 0.2) is 12.4 Å². The average Bonchev–Trinajstić information content (AvgIpc) is 2.47. The maximum absolute atomic E-state index is 3.91. The molecule has 3 heteroatoms. The Kier molecular flexibility index (Phi) is 1.07. The highest BCUT2D eigenvalue weighted by Gasteiger charge is 2.37. The summed E-state index contributed by atoms with van der Waals surface area (Å²) >= 11 is 0. The molecule has 1 aliphatic carbocycles. The quantitative estimate of drug-likeness (QED) is 0.610. The van der Waals surface area contributed by atoms with E-state index in [1.54, 1.807) is 6.20 Å². The summed E-state index contributed by atoms with van der Waals surface area (Å²) < 4.78 is 1.91. The minimum Gasteiger partial charge on any atom is -0.252 e. The molecule has 0 aromatic carbocycles. The highest BCUT2D eigenvalue weighted by Crippen LogP contribution is 2.45. The number of nitrogens with zero attached hydrogens (tertiary/aromatic N) is 3. The molecule has 1 aliphatic rings. The second-order valence-corrected chi connectivity index (χ2v) is 3.41. The Hall–Kier alpha value is -0.860. The van der Waals surface area contributed by atoms with Gasteiger partial charge in [0.1, 0.15) is 0 Å². The Morgan fingerprint density at radius 1 is 1.60 bits per heavy atom. The Balaban J connectivity index is 2.04. The zero-order valence-electron chi connectivity index (χ0n) is 6.12. The monoisotopic (exact) mass is 137 g/mol. The van der Waals surface area contributed by atoms with E-state index in [9.17, 15) is 0 Å². The third-order valence-electron chi connectivity index (χ3n) is 2.12. The van der Waals surface area contributed by atoms with Gasteiger partial charge in [0.25, 0.3) is 0 Å². The van der Waals surface area contributed by atoms with E-state index in [1.165, 1.54) is 12.8 Å². The Bertz CT molecular complexity index is 211. The average molecular weight is 137 g/mol. The van der Waals surface area contributed by atoms with Crippen LogP contribution in [0, 0.1) is 5.41 Å². The van der Waals surface area contributed by atoms with Crippen LogP contribution >= 0.6 is 0 Å². The first-order chi connectivity index (χ1) is 4.79. The predicted molar refractivity (Wildman–Crippen MR) is 37.4 cm³/mol. The molecule has 2 rings (SSSR count). The van der Waals surface area contributed by atoms with E-state index in [0.29, 0.717) is 5.41 Å². The summed E-state index contributed by atoms with van der Waals surface area (Å²) in [5.74, 6) is 0. The van der Waals surface area contributed by atoms with E-state index in [2.05, 4.69) is 17.2 Å². The lowest BCUT2D eigenvalue weighted by Crippen LogP contribution is -2.08. The van der Waals surface area contributed by atoms with Gasteiger partial charge in [0.05, 0.1) is 6.20 Å². The van der Waals surface area contributed by atoms with E-state index in [-0.39, 0.29) is 0 Å². The van der Waals surface area contributed by atoms with Crippen molar-refractivity contribution in [2.75, 3.05) is 0 Å². The molecule has 0 atom stereocenters. The molecule has 1 aromatic rings. The van der Waals surface area contributed by atoms with Gasteiger partial charge in [-0.15, -0.1) is 5.10 Å². The molecule has 0 bridgehead atoms. The van der Waals surface area contributed by atoms with Crippen LogP contribution in [0.3, 0.4) is 0 Å². The largest absolute Gasteiger partial charge is 0.252 e. The van der Waals surface area contributed by atoms with Crippen LogP contribution in [0.2, 0.25) is 0 Å². The molecule has 0 saturated heterocycles. The van der Waals surface area contributed by atoms with Gasteiger partial charge in [-0.1, -0.05) is 12.1 Å². The lowest BCUT2D eigenvalue weighted by molar-refractivity contribution is 0.424. The summed E-state index contributed by atoms with van der Waals surface area (Å²) in [4.78, 5) is 0. The number of hydrogen-bond acceptors (Lipinski definition) is 2. The molecule has 0 N–H and O–H groups in total. The third-order valence-corrected chi connectivity index (χ3v) is 2.12. The van der Waals surface area contributed by atoms with Crippen molar-refractivity contribution in [1.29, 1.82) is 0 Å². The van der Waals surface area contributed by atoms with Crippen LogP contribution in [0.25, 0.3) is 0 Å². The fraction of sp³-hybridized carbons (Fsp3) is 0.714. The smallest absolute Gasteiger partial charge is 0.0692 e. The summed E-state index contributed by atoms with van der Waals surface area (Å²) in [7, 11) is 0. The van der Waals surface area contributed by atoms with Crippen LogP contribution in [0.4, 0.5) is 0 Å². The first kappa shape index (κ1) is 5.89. The minimum atomic E-state index is 0.535. The normalized spacial score (nSPS) is 20.9. The zero-order valence-corrected chi connectivity index (χ0v) is 6.12. The molecule has 54 valence electrons. The van der Waals surface area contributed by atoms with Crippen LogP contribution in [0.1, 0.15) is 19.8 Å². The molecule has 3 nitrogen and oxygen atoms in total. The van der Waals surface area contributed by atoms with Gasteiger partial charge in [0, 0.05) is 12.7 Å². The van der Waals surface area contributed by atoms with Crippen molar-refractivity contribution >= 4 is 0 Å². The van der Waals surface area contributed by atoms with Gasteiger partial charge < -0.3 is 0 Å². The molecular formula is C7H11N3. The first-order valence-corrected chi connectivity index (χ1v) is 3.63. The van der Waals surface area contributed by atoms with Gasteiger partial charge in [-0.2, -0.15) is 0 Å². The highest BCUT2D eigenvalue weighted by molar-refractivity contribution is 4.88. The predicted octanol–water partition coefficient (Wildman–Crippen LogP) is 1.08. The van der Waals surface area contributed by atoms with Gasteiger partial charge in [-0.05, 0) is 18.3 Å². The Morgan fingerprint density at radius 2 is 2.40 bits per heavy atom. The molecule has 0 amide bonds. The van der Waals surface area contributed by atoms with Crippen molar-refractivity contribution in [2.45, 2.75) is 26.3 Å². The second kappa shape index (κ2) is 1.81. The third kappa shape index (κ3) is 1.03. The van der Waals surface area contributed by atoms with Crippen molar-refractivity contribution in [3.8, 4) is 0 Å². The standard InChI is InChI=1S/C7H11N3/c1-7(2-3-7)6-10-5-4-8-9-10/h4-5H,2-3,6H2,1H3. The number of hydrogen-bond donors (Lipinski definition) is 0. The van der Waals surface area contributed by atoms with E-state index >= 15 is 0 Å². The van der Waals surface area contributed by atoms with E-state index in [1.807, 2.05) is 10.9 Å². The van der Waals surface area contributed by atoms with E-state index in [0.717, 1.165) is 6.54 Å². The Labute approximate surface area is 60.0 Å². The molecule has 1 fully saturated rings. The number of aromatic nitrogens is 3. The molecular weight excluding hydrogens is 126 g/mol. The van der Waals surface area contributed by atoms with Crippen molar-refractivity contribution in [3.63, 3.8) is 0 Å². The first-order valence-electron chi connectivity index (χ1n) is 3.63. The summed E-state index contributed by atoms with van der Waals surface area (Å²) in [6, 6.07) is 0. The lowest BCUT2D eigenvalue weighted by Gasteiger charge is -2.05. The molecule has 10 heavy (non-hydrogen) atoms. The van der Waals surface area contributed by atoms with Crippen molar-refractivity contribution in [2.24, 2.45) is 5.41 Å². The van der Waals surface area contributed by atoms with Crippen LogP contribution in [0.5, 0.6) is 0 Å². The number of rotatable bonds is 2. The molecule has 0 aliphatic heterocycles. The summed E-state index contributed by atoms with van der Waals surface area (Å²) in [5, 5.41) is 7.66. The van der Waals surface area contributed by atoms with E-state index in [4.69, 9.17) is 0 Å². The van der Waals surface area contributed by atoms with Crippen molar-refractivity contribution in [1.82, 2.24) is 15.0 Å². The fourth-order valence-electron chi connectivity index (χ4n) is 1.08. The van der Waals surface area contributed by atoms with Gasteiger partial charge in [0.2, 0.25) is 0 Å². The van der Waals surface area contributed by atoms with Gasteiger partial charge in [-0.3, -0.25) is 4.68 Å². The van der Waals surface area contributed by atoms with E-state index < -0.39 is 0 Å². The summed E-state index contributed by atoms with van der Waals surface area (Å²) in [6.45, 7) is 3.32. The molecule has 1 saturated carbocycles. The maximum Gasteiger partial charge on any atom is 0.0692 e.